The van der Waals surface area contributed by atoms with E-state index in [9.17, 15) is 13.2 Å². The molecule has 0 aromatic carbocycles. The standard InChI is InChI=1S/C6H8O5S.Na.H/c1-2-6(7)11-4-3-5-12(8,9)10;;/h2-4H,1,5H2,(H,8,9,10);;/q;+1;-1. The Morgan fingerprint density at radius 1 is 1.62 bits per heavy atom. The zero-order valence-electron chi connectivity index (χ0n) is 8.13. The number of rotatable bonds is 4. The third kappa shape index (κ3) is 11.9. The number of hydrogen-bond donors (Lipinski definition) is 1. The van der Waals surface area contributed by atoms with E-state index in [2.05, 4.69) is 11.3 Å². The number of hydrogen-bond acceptors (Lipinski definition) is 4. The molecule has 0 saturated heterocycles. The van der Waals surface area contributed by atoms with Gasteiger partial charge in [0.1, 0.15) is 0 Å². The molecule has 70 valence electrons. The van der Waals surface area contributed by atoms with Crippen LogP contribution in [0.5, 0.6) is 0 Å². The quantitative estimate of drug-likeness (QED) is 0.181. The van der Waals surface area contributed by atoms with E-state index in [0.717, 1.165) is 18.4 Å². The molecule has 0 saturated carbocycles. The van der Waals surface area contributed by atoms with Crippen LogP contribution in [0.3, 0.4) is 0 Å². The Morgan fingerprint density at radius 2 is 2.15 bits per heavy atom. The molecule has 0 bridgehead atoms. The summed E-state index contributed by atoms with van der Waals surface area (Å²) in [5.74, 6) is -1.28. The maximum atomic E-state index is 10.3. The van der Waals surface area contributed by atoms with Crippen molar-refractivity contribution >= 4 is 16.1 Å². The van der Waals surface area contributed by atoms with Crippen molar-refractivity contribution in [3.8, 4) is 0 Å². The fraction of sp³-hybridized carbons (Fsp3) is 0.167. The molecule has 0 unspecified atom stereocenters. The summed E-state index contributed by atoms with van der Waals surface area (Å²) in [7, 11) is -4.03. The minimum absolute atomic E-state index is 0. The third-order valence-corrected chi connectivity index (χ3v) is 1.37. The number of carbonyl (C=O) groups is 1. The summed E-state index contributed by atoms with van der Waals surface area (Å²) < 4.78 is 32.7. The molecule has 0 spiro atoms. The monoisotopic (exact) mass is 216 g/mol. The van der Waals surface area contributed by atoms with Crippen LogP contribution in [0.4, 0.5) is 0 Å². The molecule has 0 rings (SSSR count). The first-order valence-corrected chi connectivity index (χ1v) is 4.50. The number of ether oxygens (including phenoxy) is 1. The number of esters is 1. The molecule has 0 aromatic rings. The summed E-state index contributed by atoms with van der Waals surface area (Å²) in [4.78, 5) is 10.3. The van der Waals surface area contributed by atoms with E-state index in [4.69, 9.17) is 4.55 Å². The van der Waals surface area contributed by atoms with Crippen molar-refractivity contribution in [1.29, 1.82) is 0 Å². The van der Waals surface area contributed by atoms with Crippen LogP contribution in [0.15, 0.2) is 25.0 Å². The molecule has 1 N–H and O–H groups in total. The molecule has 13 heavy (non-hydrogen) atoms. The first-order chi connectivity index (χ1) is 5.45. The zero-order valence-corrected chi connectivity index (χ0v) is 9.95. The van der Waals surface area contributed by atoms with E-state index < -0.39 is 21.8 Å². The van der Waals surface area contributed by atoms with E-state index in [1.807, 2.05) is 0 Å². The molecule has 0 radical (unpaired) electrons. The Bertz CT molecular complexity index is 297. The van der Waals surface area contributed by atoms with E-state index in [0.29, 0.717) is 0 Å². The molecule has 0 aromatic heterocycles. The molecule has 5 nitrogen and oxygen atoms in total. The average molecular weight is 216 g/mol. The fourth-order valence-corrected chi connectivity index (χ4v) is 0.646. The van der Waals surface area contributed by atoms with Gasteiger partial charge in [0, 0.05) is 6.08 Å². The Labute approximate surface area is 100.0 Å². The summed E-state index contributed by atoms with van der Waals surface area (Å²) in [5, 5.41) is 0. The van der Waals surface area contributed by atoms with Gasteiger partial charge in [0.2, 0.25) is 0 Å². The van der Waals surface area contributed by atoms with Gasteiger partial charge in [-0.25, -0.2) is 4.79 Å². The van der Waals surface area contributed by atoms with Crippen LogP contribution < -0.4 is 29.6 Å². The molecular formula is C6H9NaO5S. The van der Waals surface area contributed by atoms with Crippen LogP contribution >= 0.6 is 0 Å². The van der Waals surface area contributed by atoms with Crippen LogP contribution in [-0.4, -0.2) is 24.7 Å². The average Bonchev–Trinajstić information content (AvgIpc) is 1.96. The third-order valence-electron chi connectivity index (χ3n) is 0.754. The van der Waals surface area contributed by atoms with E-state index in [1.165, 1.54) is 0 Å². The van der Waals surface area contributed by atoms with Crippen molar-refractivity contribution in [2.24, 2.45) is 0 Å². The molecule has 0 aliphatic heterocycles. The van der Waals surface area contributed by atoms with Crippen molar-refractivity contribution in [3.05, 3.63) is 25.0 Å². The molecule has 0 heterocycles. The SMILES string of the molecule is C=CC(=O)OC=CCS(=O)(=O)O.[H-].[Na+]. The molecule has 0 amide bonds. The van der Waals surface area contributed by atoms with Gasteiger partial charge >= 0.3 is 35.5 Å². The van der Waals surface area contributed by atoms with Gasteiger partial charge in [-0.2, -0.15) is 8.42 Å². The molecule has 0 aliphatic carbocycles. The first kappa shape index (κ1) is 15.3. The van der Waals surface area contributed by atoms with Crippen LogP contribution in [0, 0.1) is 0 Å². The van der Waals surface area contributed by atoms with Gasteiger partial charge in [-0.3, -0.25) is 4.55 Å². The Kier molecular flexibility index (Phi) is 8.59. The van der Waals surface area contributed by atoms with Gasteiger partial charge in [0.15, 0.2) is 0 Å². The fourth-order valence-electron chi connectivity index (χ4n) is 0.324. The Balaban J connectivity index is -0.000000605. The minimum Gasteiger partial charge on any atom is -1.00 e. The van der Waals surface area contributed by atoms with E-state index in [1.54, 1.807) is 0 Å². The van der Waals surface area contributed by atoms with Gasteiger partial charge in [-0.15, -0.1) is 0 Å². The molecule has 7 heteroatoms. The summed E-state index contributed by atoms with van der Waals surface area (Å²) in [6.07, 6.45) is 2.80. The van der Waals surface area contributed by atoms with Crippen LogP contribution in [0.25, 0.3) is 0 Å². The summed E-state index contributed by atoms with van der Waals surface area (Å²) in [6.45, 7) is 3.11. The second-order valence-electron chi connectivity index (χ2n) is 1.76. The van der Waals surface area contributed by atoms with Crippen molar-refractivity contribution < 1.29 is 53.5 Å². The molecule has 0 atom stereocenters. The number of carbonyl (C=O) groups excluding carboxylic acids is 1. The molecule has 0 aliphatic rings. The minimum atomic E-state index is -4.03. The second-order valence-corrected chi connectivity index (χ2v) is 3.26. The maximum absolute atomic E-state index is 10.3. The van der Waals surface area contributed by atoms with Crippen LogP contribution in [0.2, 0.25) is 0 Å². The van der Waals surface area contributed by atoms with Crippen molar-refractivity contribution in [2.75, 3.05) is 5.75 Å². The van der Waals surface area contributed by atoms with Crippen LogP contribution in [-0.2, 0) is 19.6 Å². The van der Waals surface area contributed by atoms with E-state index >= 15 is 0 Å². The van der Waals surface area contributed by atoms with Crippen LogP contribution in [0.1, 0.15) is 1.43 Å². The molecule has 0 fully saturated rings. The summed E-state index contributed by atoms with van der Waals surface area (Å²) in [6, 6.07) is 0. The van der Waals surface area contributed by atoms with Gasteiger partial charge in [-0.1, -0.05) is 6.58 Å². The van der Waals surface area contributed by atoms with Crippen molar-refractivity contribution in [2.45, 2.75) is 0 Å². The van der Waals surface area contributed by atoms with Gasteiger partial charge < -0.3 is 6.16 Å². The topological polar surface area (TPSA) is 80.7 Å². The van der Waals surface area contributed by atoms with E-state index in [-0.39, 0.29) is 31.0 Å². The van der Waals surface area contributed by atoms with Crippen molar-refractivity contribution in [1.82, 2.24) is 0 Å². The normalized spacial score (nSPS) is 10.5. The molecular weight excluding hydrogens is 207 g/mol. The summed E-state index contributed by atoms with van der Waals surface area (Å²) >= 11 is 0. The predicted molar refractivity (Wildman–Crippen MR) is 43.0 cm³/mol. The second kappa shape index (κ2) is 7.28. The van der Waals surface area contributed by atoms with Crippen molar-refractivity contribution in [3.63, 3.8) is 0 Å². The summed E-state index contributed by atoms with van der Waals surface area (Å²) in [5.41, 5.74) is 0. The Hall–Kier alpha value is -0.140. The van der Waals surface area contributed by atoms with Gasteiger partial charge in [0.05, 0.1) is 12.0 Å². The first-order valence-electron chi connectivity index (χ1n) is 2.89. The maximum Gasteiger partial charge on any atom is 1.00 e. The van der Waals surface area contributed by atoms with Gasteiger partial charge in [0.25, 0.3) is 10.1 Å². The zero-order chi connectivity index (χ0) is 9.61. The Morgan fingerprint density at radius 3 is 2.54 bits per heavy atom. The van der Waals surface area contributed by atoms with Gasteiger partial charge in [-0.05, 0) is 6.08 Å². The largest absolute Gasteiger partial charge is 1.00 e. The predicted octanol–water partition coefficient (Wildman–Crippen LogP) is -2.77. The smallest absolute Gasteiger partial charge is 1.00 e.